The molecule has 0 unspecified atom stereocenters. The van der Waals surface area contributed by atoms with Crippen LogP contribution in [0, 0.1) is 0 Å². The summed E-state index contributed by atoms with van der Waals surface area (Å²) < 4.78 is 7.21. The first-order valence-corrected chi connectivity index (χ1v) is 10.8. The minimum atomic E-state index is -0.402. The Morgan fingerprint density at radius 1 is 1.32 bits per heavy atom. The van der Waals surface area contributed by atoms with Crippen LogP contribution in [0.2, 0.25) is 0 Å². The van der Waals surface area contributed by atoms with Crippen LogP contribution in [0.5, 0.6) is 0 Å². The lowest BCUT2D eigenvalue weighted by molar-refractivity contribution is -0.131. The van der Waals surface area contributed by atoms with Gasteiger partial charge in [0.2, 0.25) is 11.8 Å². The molecule has 152 valence electrons. The van der Waals surface area contributed by atoms with E-state index < -0.39 is 5.91 Å². The van der Waals surface area contributed by atoms with E-state index in [4.69, 9.17) is 10.2 Å². The highest BCUT2D eigenvalue weighted by Gasteiger charge is 2.25. The maximum Gasteiger partial charge on any atom is 0.233 e. The highest BCUT2D eigenvalue weighted by atomic mass is 32.2. The number of hydrogen-bond donors (Lipinski definition) is 1. The molecule has 0 aliphatic heterocycles. The van der Waals surface area contributed by atoms with Crippen LogP contribution in [-0.4, -0.2) is 49.8 Å². The maximum atomic E-state index is 12.8. The van der Waals surface area contributed by atoms with E-state index in [1.807, 2.05) is 11.8 Å². The van der Waals surface area contributed by atoms with Crippen LogP contribution < -0.4 is 5.73 Å². The third-order valence-electron chi connectivity index (χ3n) is 5.04. The second-order valence-corrected chi connectivity index (χ2v) is 7.85. The Morgan fingerprint density at radius 3 is 2.75 bits per heavy atom. The van der Waals surface area contributed by atoms with E-state index in [0.29, 0.717) is 29.3 Å². The molecule has 2 aromatic heterocycles. The fourth-order valence-corrected chi connectivity index (χ4v) is 4.50. The summed E-state index contributed by atoms with van der Waals surface area (Å²) in [5.74, 6) is 1.09. The molecule has 1 fully saturated rings. The molecule has 0 saturated heterocycles. The van der Waals surface area contributed by atoms with Gasteiger partial charge in [0.05, 0.1) is 12.0 Å². The third kappa shape index (κ3) is 4.95. The lowest BCUT2D eigenvalue weighted by Crippen LogP contribution is -2.42. The molecule has 0 aromatic carbocycles. The number of rotatable bonds is 9. The highest BCUT2D eigenvalue weighted by molar-refractivity contribution is 7.99. The van der Waals surface area contributed by atoms with Crippen LogP contribution in [0.1, 0.15) is 45.4 Å². The summed E-state index contributed by atoms with van der Waals surface area (Å²) >= 11 is 1.34. The Morgan fingerprint density at radius 2 is 2.11 bits per heavy atom. The molecule has 28 heavy (non-hydrogen) atoms. The van der Waals surface area contributed by atoms with Crippen LogP contribution >= 0.6 is 11.8 Å². The Kier molecular flexibility index (Phi) is 7.13. The number of amides is 2. The number of nitrogens with zero attached hydrogens (tertiary/aromatic N) is 4. The normalized spacial score (nSPS) is 14.9. The van der Waals surface area contributed by atoms with Gasteiger partial charge in [0.1, 0.15) is 0 Å². The summed E-state index contributed by atoms with van der Waals surface area (Å²) in [5.41, 5.74) is 5.31. The van der Waals surface area contributed by atoms with Gasteiger partial charge in [-0.05, 0) is 31.9 Å². The quantitative estimate of drug-likeness (QED) is 0.643. The second-order valence-electron chi connectivity index (χ2n) is 6.91. The molecule has 1 aliphatic rings. The molecule has 0 spiro atoms. The fraction of sp³-hybridized carbons (Fsp3) is 0.579. The first-order chi connectivity index (χ1) is 13.6. The van der Waals surface area contributed by atoms with Crippen molar-refractivity contribution in [1.82, 2.24) is 19.7 Å². The third-order valence-corrected chi connectivity index (χ3v) is 5.99. The molecule has 3 rings (SSSR count). The molecule has 2 amide bonds. The summed E-state index contributed by atoms with van der Waals surface area (Å²) in [4.78, 5) is 26.1. The van der Waals surface area contributed by atoms with E-state index in [2.05, 4.69) is 10.2 Å². The zero-order chi connectivity index (χ0) is 19.9. The number of aromatic nitrogens is 3. The van der Waals surface area contributed by atoms with Gasteiger partial charge in [-0.25, -0.2) is 0 Å². The van der Waals surface area contributed by atoms with Crippen molar-refractivity contribution in [2.45, 2.75) is 63.2 Å². The van der Waals surface area contributed by atoms with Crippen molar-refractivity contribution in [2.75, 3.05) is 12.3 Å². The van der Waals surface area contributed by atoms with Crippen molar-refractivity contribution in [3.8, 4) is 11.6 Å². The van der Waals surface area contributed by atoms with E-state index in [1.54, 1.807) is 23.0 Å². The monoisotopic (exact) mass is 405 g/mol. The Bertz CT molecular complexity index is 784. The number of furan rings is 1. The SMILES string of the molecule is CCN(C(=O)CSc1nnc(-c2ccco2)n1CCC(N)=O)C1CCCCC1. The maximum absolute atomic E-state index is 12.8. The fourth-order valence-electron chi connectivity index (χ4n) is 3.65. The van der Waals surface area contributed by atoms with Gasteiger partial charge in [-0.2, -0.15) is 0 Å². The Hall–Kier alpha value is -2.29. The van der Waals surface area contributed by atoms with Crippen LogP contribution in [0.15, 0.2) is 28.0 Å². The van der Waals surface area contributed by atoms with Gasteiger partial charge in [0.15, 0.2) is 16.7 Å². The molecule has 1 aliphatic carbocycles. The average Bonchev–Trinajstić information content (AvgIpc) is 3.35. The first-order valence-electron chi connectivity index (χ1n) is 9.77. The molecule has 2 heterocycles. The molecular weight excluding hydrogens is 378 g/mol. The van der Waals surface area contributed by atoms with Gasteiger partial charge in [0, 0.05) is 25.6 Å². The minimum absolute atomic E-state index is 0.114. The van der Waals surface area contributed by atoms with Crippen LogP contribution in [0.25, 0.3) is 11.6 Å². The first kappa shape index (κ1) is 20.4. The van der Waals surface area contributed by atoms with Gasteiger partial charge in [0.25, 0.3) is 0 Å². The highest BCUT2D eigenvalue weighted by Crippen LogP contribution is 2.27. The van der Waals surface area contributed by atoms with Crippen molar-refractivity contribution in [2.24, 2.45) is 5.73 Å². The summed E-state index contributed by atoms with van der Waals surface area (Å²) in [6.45, 7) is 3.09. The average molecular weight is 406 g/mol. The predicted octanol–water partition coefficient (Wildman–Crippen LogP) is 2.69. The van der Waals surface area contributed by atoms with Crippen molar-refractivity contribution in [1.29, 1.82) is 0 Å². The summed E-state index contributed by atoms with van der Waals surface area (Å²) in [6.07, 6.45) is 7.53. The van der Waals surface area contributed by atoms with Gasteiger partial charge in [-0.3, -0.25) is 14.2 Å². The molecule has 0 radical (unpaired) electrons. The summed E-state index contributed by atoms with van der Waals surface area (Å²) in [7, 11) is 0. The van der Waals surface area contributed by atoms with Crippen molar-refractivity contribution < 1.29 is 14.0 Å². The molecule has 8 nitrogen and oxygen atoms in total. The van der Waals surface area contributed by atoms with E-state index in [1.165, 1.54) is 31.0 Å². The Labute approximate surface area is 168 Å². The standard InChI is InChI=1S/C19H27N5O3S/c1-2-23(14-7-4-3-5-8-14)17(26)13-28-19-22-21-18(15-9-6-12-27-15)24(19)11-10-16(20)25/h6,9,12,14H,2-5,7-8,10-11,13H2,1H3,(H2,20,25). The van der Waals surface area contributed by atoms with Crippen LogP contribution in [-0.2, 0) is 16.1 Å². The predicted molar refractivity (Wildman–Crippen MR) is 107 cm³/mol. The van der Waals surface area contributed by atoms with Gasteiger partial charge < -0.3 is 15.1 Å². The Balaban J connectivity index is 1.70. The van der Waals surface area contributed by atoms with Gasteiger partial charge >= 0.3 is 0 Å². The van der Waals surface area contributed by atoms with Crippen LogP contribution in [0.4, 0.5) is 0 Å². The molecule has 2 aromatic rings. The number of carbonyl (C=O) groups excluding carboxylic acids is 2. The van der Waals surface area contributed by atoms with Gasteiger partial charge in [-0.1, -0.05) is 31.0 Å². The largest absolute Gasteiger partial charge is 0.461 e. The minimum Gasteiger partial charge on any atom is -0.461 e. The van der Waals surface area contributed by atoms with Crippen LogP contribution in [0.3, 0.4) is 0 Å². The molecule has 2 N–H and O–H groups in total. The topological polar surface area (TPSA) is 107 Å². The van der Waals surface area contributed by atoms with Crippen molar-refractivity contribution in [3.05, 3.63) is 18.4 Å². The number of carbonyl (C=O) groups is 2. The van der Waals surface area contributed by atoms with Gasteiger partial charge in [-0.15, -0.1) is 10.2 Å². The second kappa shape index (κ2) is 9.77. The molecule has 0 bridgehead atoms. The summed E-state index contributed by atoms with van der Waals surface area (Å²) in [5, 5.41) is 8.99. The molecular formula is C19H27N5O3S. The molecule has 9 heteroatoms. The smallest absolute Gasteiger partial charge is 0.233 e. The van der Waals surface area contributed by atoms with E-state index in [0.717, 1.165) is 19.4 Å². The van der Waals surface area contributed by atoms with E-state index >= 15 is 0 Å². The van der Waals surface area contributed by atoms with E-state index in [9.17, 15) is 9.59 Å². The lowest BCUT2D eigenvalue weighted by atomic mass is 9.94. The number of thioether (sulfide) groups is 1. The molecule has 1 saturated carbocycles. The zero-order valence-corrected chi connectivity index (χ0v) is 17.0. The summed E-state index contributed by atoms with van der Waals surface area (Å²) in [6, 6.07) is 3.90. The number of hydrogen-bond acceptors (Lipinski definition) is 6. The number of nitrogens with two attached hydrogens (primary N) is 1. The zero-order valence-electron chi connectivity index (χ0n) is 16.2. The van der Waals surface area contributed by atoms with Crippen molar-refractivity contribution >= 4 is 23.6 Å². The van der Waals surface area contributed by atoms with Crippen molar-refractivity contribution in [3.63, 3.8) is 0 Å². The van der Waals surface area contributed by atoms with E-state index in [-0.39, 0.29) is 18.1 Å². The lowest BCUT2D eigenvalue weighted by Gasteiger charge is -2.33. The molecule has 0 atom stereocenters. The number of primary amides is 1.